The van der Waals surface area contributed by atoms with Gasteiger partial charge in [0.25, 0.3) is 0 Å². The Labute approximate surface area is 239 Å². The molecular formula is C33H41N3O3S. The summed E-state index contributed by atoms with van der Waals surface area (Å²) in [7, 11) is -3.50. The molecule has 3 saturated heterocycles. The average Bonchev–Trinajstić information content (AvgIpc) is 3.01. The molecular weight excluding hydrogens is 518 g/mol. The zero-order valence-corrected chi connectivity index (χ0v) is 24.1. The Kier molecular flexibility index (Phi) is 8.24. The molecule has 0 atom stereocenters. The first-order chi connectivity index (χ1) is 19.5. The second-order valence-electron chi connectivity index (χ2n) is 11.9. The lowest BCUT2D eigenvalue weighted by Crippen LogP contribution is -2.51. The van der Waals surface area contributed by atoms with Gasteiger partial charge in [-0.25, -0.2) is 8.42 Å². The highest BCUT2D eigenvalue weighted by Crippen LogP contribution is 2.30. The van der Waals surface area contributed by atoms with Gasteiger partial charge in [0, 0.05) is 38.1 Å². The molecule has 212 valence electrons. The van der Waals surface area contributed by atoms with E-state index < -0.39 is 10.0 Å². The molecule has 0 saturated carbocycles. The topological polar surface area (TPSA) is 60.9 Å². The summed E-state index contributed by atoms with van der Waals surface area (Å²) in [6, 6.07) is 24.4. The number of piperidine rings is 3. The molecule has 0 unspecified atom stereocenters. The van der Waals surface area contributed by atoms with E-state index >= 15 is 0 Å². The predicted octanol–water partition coefficient (Wildman–Crippen LogP) is 5.19. The number of sulfonamides is 1. The van der Waals surface area contributed by atoms with Crippen molar-refractivity contribution in [3.05, 3.63) is 78.4 Å². The van der Waals surface area contributed by atoms with Gasteiger partial charge in [0.2, 0.25) is 15.9 Å². The Morgan fingerprint density at radius 3 is 2.05 bits per heavy atom. The maximum atomic E-state index is 13.4. The Balaban J connectivity index is 0.959. The van der Waals surface area contributed by atoms with Crippen LogP contribution >= 0.6 is 0 Å². The van der Waals surface area contributed by atoms with Gasteiger partial charge in [-0.1, -0.05) is 60.7 Å². The molecule has 3 aliphatic heterocycles. The van der Waals surface area contributed by atoms with Crippen LogP contribution in [0.1, 0.15) is 44.1 Å². The molecule has 3 fully saturated rings. The van der Waals surface area contributed by atoms with E-state index in [1.807, 2.05) is 30.3 Å². The average molecular weight is 560 g/mol. The third kappa shape index (κ3) is 5.97. The van der Waals surface area contributed by atoms with Crippen LogP contribution in [0.2, 0.25) is 0 Å². The van der Waals surface area contributed by atoms with E-state index in [0.29, 0.717) is 35.9 Å². The molecule has 0 N–H and O–H groups in total. The van der Waals surface area contributed by atoms with Crippen LogP contribution in [0.4, 0.5) is 0 Å². The highest BCUT2D eigenvalue weighted by atomic mass is 32.2. The molecule has 3 heterocycles. The summed E-state index contributed by atoms with van der Waals surface area (Å²) < 4.78 is 28.4. The molecule has 6 nitrogen and oxygen atoms in total. The Bertz CT molecular complexity index is 1400. The first-order valence-electron chi connectivity index (χ1n) is 15.0. The third-order valence-corrected chi connectivity index (χ3v) is 11.4. The summed E-state index contributed by atoms with van der Waals surface area (Å²) in [6.07, 6.45) is 6.83. The molecule has 0 spiro atoms. The van der Waals surface area contributed by atoms with Gasteiger partial charge in [-0.15, -0.1) is 0 Å². The largest absolute Gasteiger partial charge is 0.342 e. The zero-order chi connectivity index (χ0) is 27.5. The quantitative estimate of drug-likeness (QED) is 0.417. The minimum Gasteiger partial charge on any atom is -0.342 e. The maximum absolute atomic E-state index is 13.4. The third-order valence-electron chi connectivity index (χ3n) is 9.47. The molecule has 3 aromatic rings. The van der Waals surface area contributed by atoms with Gasteiger partial charge in [0.1, 0.15) is 0 Å². The normalized spacial score (nSPS) is 21.1. The van der Waals surface area contributed by atoms with E-state index in [1.165, 1.54) is 5.56 Å². The Morgan fingerprint density at radius 2 is 1.35 bits per heavy atom. The minimum absolute atomic E-state index is 0.135. The molecule has 0 bridgehead atoms. The molecule has 3 aromatic carbocycles. The van der Waals surface area contributed by atoms with Gasteiger partial charge < -0.3 is 9.80 Å². The van der Waals surface area contributed by atoms with Crippen LogP contribution in [-0.2, 0) is 21.2 Å². The maximum Gasteiger partial charge on any atom is 0.243 e. The van der Waals surface area contributed by atoms with Crippen LogP contribution in [-0.4, -0.2) is 73.7 Å². The van der Waals surface area contributed by atoms with Gasteiger partial charge in [0.15, 0.2) is 0 Å². The van der Waals surface area contributed by atoms with Gasteiger partial charge in [-0.2, -0.15) is 4.31 Å². The van der Waals surface area contributed by atoms with Crippen molar-refractivity contribution in [3.8, 4) is 0 Å². The summed E-state index contributed by atoms with van der Waals surface area (Å²) in [5.41, 5.74) is 1.40. The number of amides is 1. The van der Waals surface area contributed by atoms with E-state index in [-0.39, 0.29) is 5.92 Å². The fraction of sp³-hybridized carbons (Fsp3) is 0.485. The monoisotopic (exact) mass is 559 g/mol. The minimum atomic E-state index is -3.50. The highest BCUT2D eigenvalue weighted by molar-refractivity contribution is 7.89. The van der Waals surface area contributed by atoms with Gasteiger partial charge in [-0.3, -0.25) is 4.79 Å². The van der Waals surface area contributed by atoms with Gasteiger partial charge >= 0.3 is 0 Å². The number of rotatable bonds is 6. The van der Waals surface area contributed by atoms with Crippen LogP contribution in [0.15, 0.2) is 77.7 Å². The van der Waals surface area contributed by atoms with Crippen molar-refractivity contribution in [2.24, 2.45) is 11.8 Å². The number of likely N-dealkylation sites (tertiary alicyclic amines) is 2. The lowest BCUT2D eigenvalue weighted by molar-refractivity contribution is -0.138. The molecule has 0 radical (unpaired) electrons. The van der Waals surface area contributed by atoms with Crippen molar-refractivity contribution >= 4 is 26.7 Å². The van der Waals surface area contributed by atoms with Gasteiger partial charge in [0.05, 0.1) is 4.90 Å². The first kappa shape index (κ1) is 27.4. The summed E-state index contributed by atoms with van der Waals surface area (Å²) in [6.45, 7) is 4.75. The van der Waals surface area contributed by atoms with Crippen LogP contribution in [0.5, 0.6) is 0 Å². The van der Waals surface area contributed by atoms with Crippen molar-refractivity contribution in [2.75, 3.05) is 39.3 Å². The zero-order valence-electron chi connectivity index (χ0n) is 23.3. The van der Waals surface area contributed by atoms with Crippen molar-refractivity contribution in [2.45, 2.75) is 55.9 Å². The van der Waals surface area contributed by atoms with Crippen molar-refractivity contribution in [1.29, 1.82) is 0 Å². The number of benzene rings is 3. The second-order valence-corrected chi connectivity index (χ2v) is 13.9. The smallest absolute Gasteiger partial charge is 0.243 e. The molecule has 3 aliphatic rings. The lowest BCUT2D eigenvalue weighted by Gasteiger charge is -2.42. The fourth-order valence-corrected chi connectivity index (χ4v) is 8.50. The molecule has 1 amide bonds. The molecule has 0 aliphatic carbocycles. The molecule has 6 rings (SSSR count). The van der Waals surface area contributed by atoms with Crippen LogP contribution in [0.3, 0.4) is 0 Å². The van der Waals surface area contributed by atoms with Crippen LogP contribution in [0.25, 0.3) is 10.8 Å². The summed E-state index contributed by atoms with van der Waals surface area (Å²) in [5.74, 6) is 1.16. The van der Waals surface area contributed by atoms with Crippen LogP contribution in [0, 0.1) is 11.8 Å². The number of hydrogen-bond donors (Lipinski definition) is 0. The first-order valence-corrected chi connectivity index (χ1v) is 16.5. The second kappa shape index (κ2) is 12.0. The number of carbonyl (C=O) groups excluding carboxylic acids is 1. The predicted molar refractivity (Wildman–Crippen MR) is 159 cm³/mol. The lowest BCUT2D eigenvalue weighted by atomic mass is 9.88. The number of fused-ring (bicyclic) bond motifs is 1. The Hall–Kier alpha value is -2.74. The standard InChI is InChI=1S/C33H41N3O3S/c37-33(35-18-12-27(13-19-35)24-26-6-2-1-3-7-26)29-14-20-34(21-15-29)31-16-22-36(23-17-31)40(38,39)32-11-10-28-8-4-5-9-30(28)25-32/h1-11,25,27,29,31H,12-24H2. The summed E-state index contributed by atoms with van der Waals surface area (Å²) in [4.78, 5) is 18.3. The van der Waals surface area contributed by atoms with Crippen molar-refractivity contribution < 1.29 is 13.2 Å². The Morgan fingerprint density at radius 1 is 0.700 bits per heavy atom. The molecule has 7 heteroatoms. The molecule has 0 aromatic heterocycles. The fourth-order valence-electron chi connectivity index (χ4n) is 7.00. The highest BCUT2D eigenvalue weighted by Gasteiger charge is 2.36. The van der Waals surface area contributed by atoms with Crippen molar-refractivity contribution in [1.82, 2.24) is 14.1 Å². The van der Waals surface area contributed by atoms with E-state index in [1.54, 1.807) is 16.4 Å². The van der Waals surface area contributed by atoms with E-state index in [2.05, 4.69) is 40.1 Å². The molecule has 40 heavy (non-hydrogen) atoms. The SMILES string of the molecule is O=C(C1CCN(C2CCN(S(=O)(=O)c3ccc4ccccc4c3)CC2)CC1)N1CCC(Cc2ccccc2)CC1. The van der Waals surface area contributed by atoms with Gasteiger partial charge in [-0.05, 0) is 92.4 Å². The number of nitrogens with zero attached hydrogens (tertiary/aromatic N) is 3. The number of carbonyl (C=O) groups is 1. The van der Waals surface area contributed by atoms with Crippen molar-refractivity contribution in [3.63, 3.8) is 0 Å². The van der Waals surface area contributed by atoms with Crippen LogP contribution < -0.4 is 0 Å². The van der Waals surface area contributed by atoms with E-state index in [0.717, 1.165) is 81.9 Å². The van der Waals surface area contributed by atoms with E-state index in [4.69, 9.17) is 0 Å². The summed E-state index contributed by atoms with van der Waals surface area (Å²) in [5, 5.41) is 2.00. The number of hydrogen-bond acceptors (Lipinski definition) is 4. The van der Waals surface area contributed by atoms with E-state index in [9.17, 15) is 13.2 Å². The summed E-state index contributed by atoms with van der Waals surface area (Å²) >= 11 is 0.